The highest BCUT2D eigenvalue weighted by Crippen LogP contribution is 2.28. The topological polar surface area (TPSA) is 62.9 Å². The first-order valence-corrected chi connectivity index (χ1v) is 6.16. The molecule has 0 aliphatic rings. The number of rotatable bonds is 3. The summed E-state index contributed by atoms with van der Waals surface area (Å²) in [5, 5.41) is 11.1. The molecule has 0 saturated heterocycles. The highest BCUT2D eigenvalue weighted by Gasteiger charge is 2.13. The molecule has 0 aliphatic carbocycles. The summed E-state index contributed by atoms with van der Waals surface area (Å²) in [6, 6.07) is 7.77. The molecule has 17 heavy (non-hydrogen) atoms. The Morgan fingerprint density at radius 1 is 1.53 bits per heavy atom. The Kier molecular flexibility index (Phi) is 3.31. The standard InChI is InChI=1S/C13H12N2OS/c1-2-11-9(5-6-16-11)13(15)10(8-14)12-4-3-7-17-12/h3-7H,2,15H2,1H3/b13-10+. The summed E-state index contributed by atoms with van der Waals surface area (Å²) in [4.78, 5) is 0.883. The highest BCUT2D eigenvalue weighted by molar-refractivity contribution is 7.11. The molecule has 0 atom stereocenters. The van der Waals surface area contributed by atoms with Crippen LogP contribution in [0.25, 0.3) is 11.3 Å². The van der Waals surface area contributed by atoms with Crippen molar-refractivity contribution in [2.24, 2.45) is 5.73 Å². The van der Waals surface area contributed by atoms with Gasteiger partial charge in [-0.15, -0.1) is 11.3 Å². The van der Waals surface area contributed by atoms with Crippen molar-refractivity contribution < 1.29 is 4.42 Å². The molecule has 0 aliphatic heterocycles. The van der Waals surface area contributed by atoms with E-state index in [0.717, 1.165) is 22.6 Å². The second kappa shape index (κ2) is 4.89. The molecule has 0 unspecified atom stereocenters. The van der Waals surface area contributed by atoms with Gasteiger partial charge < -0.3 is 10.2 Å². The molecule has 0 radical (unpaired) electrons. The molecular weight excluding hydrogens is 232 g/mol. The maximum atomic E-state index is 9.22. The summed E-state index contributed by atoms with van der Waals surface area (Å²) in [6.45, 7) is 1.99. The number of allylic oxidation sites excluding steroid dienone is 1. The monoisotopic (exact) mass is 244 g/mol. The minimum Gasteiger partial charge on any atom is -0.469 e. The molecule has 3 nitrogen and oxygen atoms in total. The molecule has 2 rings (SSSR count). The van der Waals surface area contributed by atoms with Crippen molar-refractivity contribution in [1.82, 2.24) is 0 Å². The van der Waals surface area contributed by atoms with Gasteiger partial charge in [-0.2, -0.15) is 5.26 Å². The van der Waals surface area contributed by atoms with E-state index in [1.165, 1.54) is 11.3 Å². The molecule has 0 aromatic carbocycles. The zero-order chi connectivity index (χ0) is 12.3. The summed E-state index contributed by atoms with van der Waals surface area (Å²) in [7, 11) is 0. The lowest BCUT2D eigenvalue weighted by atomic mass is 10.1. The molecule has 0 fully saturated rings. The third-order valence-corrected chi connectivity index (χ3v) is 3.39. The number of hydrogen-bond donors (Lipinski definition) is 1. The van der Waals surface area contributed by atoms with E-state index in [-0.39, 0.29) is 0 Å². The molecule has 86 valence electrons. The van der Waals surface area contributed by atoms with Crippen LogP contribution in [-0.4, -0.2) is 0 Å². The molecule has 0 saturated carbocycles. The predicted molar refractivity (Wildman–Crippen MR) is 69.0 cm³/mol. The summed E-state index contributed by atoms with van der Waals surface area (Å²) < 4.78 is 5.33. The van der Waals surface area contributed by atoms with E-state index in [2.05, 4.69) is 6.07 Å². The molecule has 0 amide bonds. The summed E-state index contributed by atoms with van der Waals surface area (Å²) in [5.74, 6) is 0.812. The maximum absolute atomic E-state index is 9.22. The number of thiophene rings is 1. The largest absolute Gasteiger partial charge is 0.469 e. The number of furan rings is 1. The Morgan fingerprint density at radius 3 is 2.94 bits per heavy atom. The van der Waals surface area contributed by atoms with Gasteiger partial charge in [-0.05, 0) is 17.5 Å². The molecule has 0 bridgehead atoms. The van der Waals surface area contributed by atoms with E-state index in [0.29, 0.717) is 11.3 Å². The van der Waals surface area contributed by atoms with Crippen molar-refractivity contribution in [3.8, 4) is 6.07 Å². The average Bonchev–Trinajstić information content (AvgIpc) is 3.00. The third kappa shape index (κ3) is 2.10. The Balaban J connectivity index is 2.54. The Bertz CT molecular complexity index is 573. The first kappa shape index (κ1) is 11.5. The van der Waals surface area contributed by atoms with E-state index in [9.17, 15) is 5.26 Å². The molecule has 2 N–H and O–H groups in total. The molecule has 2 aromatic heterocycles. The lowest BCUT2D eigenvalue weighted by molar-refractivity contribution is 0.515. The highest BCUT2D eigenvalue weighted by atomic mass is 32.1. The van der Waals surface area contributed by atoms with Crippen LogP contribution in [-0.2, 0) is 6.42 Å². The first-order valence-electron chi connectivity index (χ1n) is 5.28. The van der Waals surface area contributed by atoms with Crippen LogP contribution >= 0.6 is 11.3 Å². The van der Waals surface area contributed by atoms with Crippen molar-refractivity contribution in [3.63, 3.8) is 0 Å². The number of nitrogens with two attached hydrogens (primary N) is 1. The fourth-order valence-electron chi connectivity index (χ4n) is 1.66. The van der Waals surface area contributed by atoms with Crippen molar-refractivity contribution in [2.45, 2.75) is 13.3 Å². The van der Waals surface area contributed by atoms with Crippen LogP contribution in [0.3, 0.4) is 0 Å². The van der Waals surface area contributed by atoms with Crippen LogP contribution in [0, 0.1) is 11.3 Å². The minimum atomic E-state index is 0.487. The number of aryl methyl sites for hydroxylation is 1. The molecule has 2 aromatic rings. The van der Waals surface area contributed by atoms with Gasteiger partial charge in [0.2, 0.25) is 0 Å². The molecule has 0 spiro atoms. The van der Waals surface area contributed by atoms with Crippen molar-refractivity contribution in [2.75, 3.05) is 0 Å². The van der Waals surface area contributed by atoms with E-state index in [4.69, 9.17) is 10.2 Å². The third-order valence-electron chi connectivity index (χ3n) is 2.51. The lowest BCUT2D eigenvalue weighted by Crippen LogP contribution is -2.01. The quantitative estimate of drug-likeness (QED) is 0.843. The van der Waals surface area contributed by atoms with Gasteiger partial charge >= 0.3 is 0 Å². The lowest BCUT2D eigenvalue weighted by Gasteiger charge is -2.03. The van der Waals surface area contributed by atoms with E-state index in [1.54, 1.807) is 12.3 Å². The van der Waals surface area contributed by atoms with Crippen LogP contribution in [0.15, 0.2) is 34.3 Å². The predicted octanol–water partition coefficient (Wildman–Crippen LogP) is 3.25. The van der Waals surface area contributed by atoms with Crippen LogP contribution in [0.2, 0.25) is 0 Å². The first-order chi connectivity index (χ1) is 8.27. The van der Waals surface area contributed by atoms with Crippen LogP contribution in [0.5, 0.6) is 0 Å². The molecular formula is C13H12N2OS. The second-order valence-corrected chi connectivity index (χ2v) is 4.44. The van der Waals surface area contributed by atoms with Gasteiger partial charge in [-0.25, -0.2) is 0 Å². The van der Waals surface area contributed by atoms with Gasteiger partial charge in [0, 0.05) is 16.9 Å². The normalized spacial score (nSPS) is 12.0. The zero-order valence-electron chi connectivity index (χ0n) is 9.43. The van der Waals surface area contributed by atoms with Gasteiger partial charge in [0.1, 0.15) is 11.8 Å². The Morgan fingerprint density at radius 2 is 2.35 bits per heavy atom. The Labute approximate surface area is 104 Å². The summed E-state index contributed by atoms with van der Waals surface area (Å²) in [6.07, 6.45) is 2.36. The number of hydrogen-bond acceptors (Lipinski definition) is 4. The smallest absolute Gasteiger partial charge is 0.112 e. The number of nitrogens with zero attached hydrogens (tertiary/aromatic N) is 1. The van der Waals surface area contributed by atoms with Gasteiger partial charge in [0.25, 0.3) is 0 Å². The van der Waals surface area contributed by atoms with Gasteiger partial charge in [0.05, 0.1) is 17.5 Å². The van der Waals surface area contributed by atoms with E-state index >= 15 is 0 Å². The van der Waals surface area contributed by atoms with Gasteiger partial charge in [-0.3, -0.25) is 0 Å². The SMILES string of the molecule is CCc1occc1/C(N)=C(/C#N)c1cccs1. The summed E-state index contributed by atoms with van der Waals surface area (Å²) >= 11 is 1.50. The van der Waals surface area contributed by atoms with Gasteiger partial charge in [-0.1, -0.05) is 13.0 Å². The van der Waals surface area contributed by atoms with Crippen molar-refractivity contribution >= 4 is 22.6 Å². The summed E-state index contributed by atoms with van der Waals surface area (Å²) in [5.41, 5.74) is 7.88. The average molecular weight is 244 g/mol. The maximum Gasteiger partial charge on any atom is 0.112 e. The second-order valence-electron chi connectivity index (χ2n) is 3.49. The molecule has 4 heteroatoms. The van der Waals surface area contributed by atoms with Crippen LogP contribution in [0.1, 0.15) is 23.1 Å². The molecule has 2 heterocycles. The Hall–Kier alpha value is -1.99. The minimum absolute atomic E-state index is 0.487. The van der Waals surface area contributed by atoms with Crippen molar-refractivity contribution in [1.29, 1.82) is 5.26 Å². The van der Waals surface area contributed by atoms with Crippen LogP contribution < -0.4 is 5.73 Å². The zero-order valence-corrected chi connectivity index (χ0v) is 10.3. The van der Waals surface area contributed by atoms with Crippen LogP contribution in [0.4, 0.5) is 0 Å². The fourth-order valence-corrected chi connectivity index (χ4v) is 2.39. The van der Waals surface area contributed by atoms with Crippen molar-refractivity contribution in [3.05, 3.63) is 46.0 Å². The van der Waals surface area contributed by atoms with E-state index in [1.807, 2.05) is 24.4 Å². The fraction of sp³-hybridized carbons (Fsp3) is 0.154. The number of nitriles is 1. The van der Waals surface area contributed by atoms with Gasteiger partial charge in [0.15, 0.2) is 0 Å². The van der Waals surface area contributed by atoms with E-state index < -0.39 is 0 Å².